The third kappa shape index (κ3) is 3.80. The second-order valence-corrected chi connectivity index (χ2v) is 9.63. The minimum atomic E-state index is -3.96. The van der Waals surface area contributed by atoms with Gasteiger partial charge in [-0.1, -0.05) is 17.5 Å². The maximum atomic E-state index is 12.8. The number of hydrogen-bond donors (Lipinski definition) is 0. The smallest absolute Gasteiger partial charge is 0.244 e. The summed E-state index contributed by atoms with van der Waals surface area (Å²) >= 11 is 5.98. The van der Waals surface area contributed by atoms with Gasteiger partial charge in [-0.25, -0.2) is 16.8 Å². The van der Waals surface area contributed by atoms with Crippen molar-refractivity contribution in [1.82, 2.24) is 4.31 Å². The van der Waals surface area contributed by atoms with E-state index in [2.05, 4.69) is 5.92 Å². The van der Waals surface area contributed by atoms with Crippen molar-refractivity contribution < 1.29 is 21.6 Å². The Morgan fingerprint density at radius 3 is 2.65 bits per heavy atom. The van der Waals surface area contributed by atoms with Crippen molar-refractivity contribution >= 4 is 31.5 Å². The molecule has 126 valence electrons. The molecule has 1 unspecified atom stereocenters. The number of hydrogen-bond acceptors (Lipinski definition) is 5. The first-order valence-corrected chi connectivity index (χ1v) is 10.3. The molecular formula is C14H16ClNO5S2. The van der Waals surface area contributed by atoms with Gasteiger partial charge >= 0.3 is 0 Å². The first-order chi connectivity index (χ1) is 10.7. The van der Waals surface area contributed by atoms with Gasteiger partial charge in [0.15, 0.2) is 9.84 Å². The van der Waals surface area contributed by atoms with Crippen LogP contribution in [0.3, 0.4) is 0 Å². The van der Waals surface area contributed by atoms with Crippen LogP contribution < -0.4 is 4.74 Å². The summed E-state index contributed by atoms with van der Waals surface area (Å²) in [5.41, 5.74) is 0. The molecule has 1 saturated heterocycles. The zero-order valence-electron chi connectivity index (χ0n) is 12.4. The SMILES string of the molecule is C#CCN(C1CCS(=O)(=O)C1)S(=O)(=O)c1ccc(OC)c(Cl)c1. The van der Waals surface area contributed by atoms with E-state index in [0.29, 0.717) is 5.75 Å². The zero-order valence-corrected chi connectivity index (χ0v) is 14.8. The number of halogens is 1. The number of benzene rings is 1. The highest BCUT2D eigenvalue weighted by molar-refractivity contribution is 7.92. The molecule has 0 aliphatic carbocycles. The number of ether oxygens (including phenoxy) is 1. The lowest BCUT2D eigenvalue weighted by atomic mass is 10.3. The minimum Gasteiger partial charge on any atom is -0.495 e. The molecule has 0 amide bonds. The predicted molar refractivity (Wildman–Crippen MR) is 87.8 cm³/mol. The summed E-state index contributed by atoms with van der Waals surface area (Å²) in [5.74, 6) is 2.36. The summed E-state index contributed by atoms with van der Waals surface area (Å²) < 4.78 is 54.9. The van der Waals surface area contributed by atoms with Crippen LogP contribution in [-0.2, 0) is 19.9 Å². The second-order valence-electron chi connectivity index (χ2n) is 5.11. The van der Waals surface area contributed by atoms with E-state index in [9.17, 15) is 16.8 Å². The van der Waals surface area contributed by atoms with E-state index in [1.165, 1.54) is 25.3 Å². The van der Waals surface area contributed by atoms with E-state index < -0.39 is 25.9 Å². The molecule has 23 heavy (non-hydrogen) atoms. The molecule has 1 fully saturated rings. The van der Waals surface area contributed by atoms with Crippen molar-refractivity contribution in [1.29, 1.82) is 0 Å². The highest BCUT2D eigenvalue weighted by atomic mass is 35.5. The number of sulfone groups is 1. The average Bonchev–Trinajstić information content (AvgIpc) is 2.84. The third-order valence-electron chi connectivity index (χ3n) is 3.59. The highest BCUT2D eigenvalue weighted by Crippen LogP contribution is 2.30. The van der Waals surface area contributed by atoms with Crippen LogP contribution in [0.1, 0.15) is 6.42 Å². The molecule has 6 nitrogen and oxygen atoms in total. The quantitative estimate of drug-likeness (QED) is 0.719. The summed E-state index contributed by atoms with van der Waals surface area (Å²) in [6, 6.07) is 3.40. The lowest BCUT2D eigenvalue weighted by molar-refractivity contribution is 0.371. The highest BCUT2D eigenvalue weighted by Gasteiger charge is 2.38. The maximum absolute atomic E-state index is 12.8. The van der Waals surface area contributed by atoms with Gasteiger partial charge in [0.25, 0.3) is 0 Å². The Bertz CT molecular complexity index is 842. The van der Waals surface area contributed by atoms with Gasteiger partial charge in [0.05, 0.1) is 35.1 Å². The van der Waals surface area contributed by atoms with E-state index >= 15 is 0 Å². The van der Waals surface area contributed by atoms with Crippen molar-refractivity contribution in [3.63, 3.8) is 0 Å². The molecular weight excluding hydrogens is 362 g/mol. The van der Waals surface area contributed by atoms with Gasteiger partial charge in [-0.05, 0) is 24.6 Å². The van der Waals surface area contributed by atoms with E-state index in [-0.39, 0.29) is 34.4 Å². The van der Waals surface area contributed by atoms with Crippen molar-refractivity contribution in [2.24, 2.45) is 0 Å². The van der Waals surface area contributed by atoms with E-state index in [1.54, 1.807) is 0 Å². The molecule has 0 spiro atoms. The Morgan fingerprint density at radius 1 is 1.48 bits per heavy atom. The lowest BCUT2D eigenvalue weighted by Gasteiger charge is -2.25. The second kappa shape index (κ2) is 6.69. The minimum absolute atomic E-state index is 0.0440. The monoisotopic (exact) mass is 377 g/mol. The molecule has 1 heterocycles. The summed E-state index contributed by atoms with van der Waals surface area (Å²) in [7, 11) is -5.78. The largest absolute Gasteiger partial charge is 0.495 e. The number of nitrogens with zero attached hydrogens (tertiary/aromatic N) is 1. The fraction of sp³-hybridized carbons (Fsp3) is 0.429. The fourth-order valence-electron chi connectivity index (χ4n) is 2.45. The molecule has 1 aliphatic rings. The summed E-state index contributed by atoms with van der Waals surface area (Å²) in [5, 5.41) is 0.147. The number of sulfonamides is 1. The van der Waals surface area contributed by atoms with Crippen LogP contribution in [-0.4, -0.2) is 52.3 Å². The fourth-order valence-corrected chi connectivity index (χ4v) is 6.19. The third-order valence-corrected chi connectivity index (χ3v) is 7.53. The van der Waals surface area contributed by atoms with Crippen LogP contribution in [0.25, 0.3) is 0 Å². The molecule has 0 N–H and O–H groups in total. The normalized spacial score (nSPS) is 20.3. The van der Waals surface area contributed by atoms with Crippen LogP contribution in [0, 0.1) is 12.3 Å². The van der Waals surface area contributed by atoms with Crippen molar-refractivity contribution in [2.75, 3.05) is 25.2 Å². The van der Waals surface area contributed by atoms with Gasteiger partial charge in [-0.2, -0.15) is 4.31 Å². The molecule has 2 rings (SSSR count). The lowest BCUT2D eigenvalue weighted by Crippen LogP contribution is -2.41. The maximum Gasteiger partial charge on any atom is 0.244 e. The molecule has 1 atom stereocenters. The Kier molecular flexibility index (Phi) is 5.26. The topological polar surface area (TPSA) is 80.8 Å². The summed E-state index contributed by atoms with van der Waals surface area (Å²) in [4.78, 5) is -0.0529. The first-order valence-electron chi connectivity index (χ1n) is 6.70. The summed E-state index contributed by atoms with van der Waals surface area (Å²) in [6.07, 6.45) is 5.49. The van der Waals surface area contributed by atoms with E-state index in [0.717, 1.165) is 4.31 Å². The average molecular weight is 378 g/mol. The Hall–Kier alpha value is -1.27. The van der Waals surface area contributed by atoms with Crippen molar-refractivity contribution in [3.05, 3.63) is 23.2 Å². The Balaban J connectivity index is 2.42. The molecule has 0 bridgehead atoms. The number of methoxy groups -OCH3 is 1. The summed E-state index contributed by atoms with van der Waals surface area (Å²) in [6.45, 7) is -0.202. The van der Waals surface area contributed by atoms with Crippen LogP contribution >= 0.6 is 11.6 Å². The van der Waals surface area contributed by atoms with E-state index in [4.69, 9.17) is 22.8 Å². The predicted octanol–water partition coefficient (Wildman–Crippen LogP) is 1.16. The molecule has 0 saturated carbocycles. The molecule has 1 aliphatic heterocycles. The molecule has 0 aromatic heterocycles. The van der Waals surface area contributed by atoms with Gasteiger partial charge in [0.1, 0.15) is 5.75 Å². The first kappa shape index (κ1) is 18.1. The van der Waals surface area contributed by atoms with Gasteiger partial charge in [-0.3, -0.25) is 0 Å². The van der Waals surface area contributed by atoms with Gasteiger partial charge in [-0.15, -0.1) is 6.42 Å². The molecule has 1 aromatic rings. The molecule has 0 radical (unpaired) electrons. The van der Waals surface area contributed by atoms with Gasteiger partial charge in [0, 0.05) is 6.04 Å². The standard InChI is InChI=1S/C14H16ClNO5S2/c1-3-7-16(11-6-8-22(17,18)10-11)23(19,20)12-4-5-14(21-2)13(15)9-12/h1,4-5,9,11H,6-8,10H2,2H3. The Labute approximate surface area is 141 Å². The van der Waals surface area contributed by atoms with Crippen LogP contribution in [0.5, 0.6) is 5.75 Å². The number of rotatable bonds is 5. The van der Waals surface area contributed by atoms with Crippen LogP contribution in [0.15, 0.2) is 23.1 Å². The van der Waals surface area contributed by atoms with Crippen LogP contribution in [0.4, 0.5) is 0 Å². The van der Waals surface area contributed by atoms with Gasteiger partial charge in [0.2, 0.25) is 10.0 Å². The zero-order chi connectivity index (χ0) is 17.3. The van der Waals surface area contributed by atoms with Crippen LogP contribution in [0.2, 0.25) is 5.02 Å². The van der Waals surface area contributed by atoms with Crippen molar-refractivity contribution in [2.45, 2.75) is 17.4 Å². The Morgan fingerprint density at radius 2 is 2.17 bits per heavy atom. The molecule has 9 heteroatoms. The van der Waals surface area contributed by atoms with E-state index in [1.807, 2.05) is 0 Å². The van der Waals surface area contributed by atoms with Crippen molar-refractivity contribution in [3.8, 4) is 18.1 Å². The number of terminal acetylenes is 1. The molecule has 1 aromatic carbocycles. The van der Waals surface area contributed by atoms with Gasteiger partial charge < -0.3 is 4.74 Å².